The first kappa shape index (κ1) is 16.5. The monoisotopic (exact) mass is 336 g/mol. The lowest BCUT2D eigenvalue weighted by atomic mass is 10.1. The smallest absolute Gasteiger partial charge is 0.253 e. The van der Waals surface area contributed by atoms with Crippen LogP contribution < -0.4 is 5.73 Å². The summed E-state index contributed by atoms with van der Waals surface area (Å²) in [5.74, 6) is -0.0648. The van der Waals surface area contributed by atoms with Crippen LogP contribution in [0, 0.1) is 0 Å². The maximum Gasteiger partial charge on any atom is 0.253 e. The molecule has 126 valence electrons. The van der Waals surface area contributed by atoms with E-state index in [0.29, 0.717) is 23.5 Å². The molecule has 6 heteroatoms. The lowest BCUT2D eigenvalue weighted by Crippen LogP contribution is -2.45. The van der Waals surface area contributed by atoms with Gasteiger partial charge in [-0.2, -0.15) is 0 Å². The van der Waals surface area contributed by atoms with Crippen molar-refractivity contribution < 1.29 is 13.2 Å². The molecule has 1 unspecified atom stereocenters. The second kappa shape index (κ2) is 6.61. The summed E-state index contributed by atoms with van der Waals surface area (Å²) in [5, 5.41) is -0.260. The van der Waals surface area contributed by atoms with Crippen molar-refractivity contribution in [1.29, 1.82) is 0 Å². The van der Waals surface area contributed by atoms with Crippen molar-refractivity contribution in [2.75, 3.05) is 13.1 Å². The van der Waals surface area contributed by atoms with Gasteiger partial charge in [0.1, 0.15) is 0 Å². The van der Waals surface area contributed by atoms with Gasteiger partial charge in [-0.1, -0.05) is 12.8 Å². The lowest BCUT2D eigenvalue weighted by molar-refractivity contribution is 0.0708. The molecule has 1 heterocycles. The number of nitrogens with zero attached hydrogens (tertiary/aromatic N) is 1. The Hall–Kier alpha value is -1.40. The molecule has 1 amide bonds. The highest BCUT2D eigenvalue weighted by atomic mass is 32.2. The van der Waals surface area contributed by atoms with E-state index in [-0.39, 0.29) is 17.2 Å². The van der Waals surface area contributed by atoms with Crippen molar-refractivity contribution in [2.24, 2.45) is 5.73 Å². The van der Waals surface area contributed by atoms with E-state index in [1.807, 2.05) is 0 Å². The Morgan fingerprint density at radius 1 is 1.04 bits per heavy atom. The highest BCUT2D eigenvalue weighted by Crippen LogP contribution is 2.29. The largest absolute Gasteiger partial charge is 0.337 e. The second-order valence-electron chi connectivity index (χ2n) is 6.63. The van der Waals surface area contributed by atoms with Crippen LogP contribution in [0.3, 0.4) is 0 Å². The third-order valence-electron chi connectivity index (χ3n) is 4.92. The van der Waals surface area contributed by atoms with Crippen LogP contribution in [0.4, 0.5) is 0 Å². The molecule has 0 spiro atoms. The first-order valence-electron chi connectivity index (χ1n) is 8.37. The Morgan fingerprint density at radius 2 is 1.70 bits per heavy atom. The molecular formula is C17H24N2O3S. The normalized spacial score (nSPS) is 23.2. The highest BCUT2D eigenvalue weighted by molar-refractivity contribution is 7.92. The molecule has 1 aliphatic carbocycles. The summed E-state index contributed by atoms with van der Waals surface area (Å²) in [5.41, 5.74) is 6.45. The number of nitrogens with two attached hydrogens (primary N) is 1. The molecule has 1 aliphatic heterocycles. The zero-order valence-electron chi connectivity index (χ0n) is 13.3. The van der Waals surface area contributed by atoms with Crippen molar-refractivity contribution in [3.05, 3.63) is 29.8 Å². The molecule has 3 rings (SSSR count). The average molecular weight is 336 g/mol. The van der Waals surface area contributed by atoms with Crippen molar-refractivity contribution >= 4 is 15.7 Å². The Balaban J connectivity index is 1.75. The van der Waals surface area contributed by atoms with Crippen LogP contribution >= 0.6 is 0 Å². The third kappa shape index (κ3) is 3.43. The first-order chi connectivity index (χ1) is 11.0. The molecule has 1 aromatic carbocycles. The van der Waals surface area contributed by atoms with Crippen LogP contribution in [0.1, 0.15) is 48.9 Å². The SMILES string of the molecule is NC1CCCN(C(=O)c2ccc(S(=O)(=O)C3CCCC3)cc2)C1. The molecule has 0 radical (unpaired) electrons. The number of piperidine rings is 1. The van der Waals surface area contributed by atoms with Crippen molar-refractivity contribution in [3.63, 3.8) is 0 Å². The zero-order valence-corrected chi connectivity index (χ0v) is 14.1. The average Bonchev–Trinajstić information content (AvgIpc) is 3.09. The number of amides is 1. The van der Waals surface area contributed by atoms with Gasteiger partial charge < -0.3 is 10.6 Å². The quantitative estimate of drug-likeness (QED) is 0.915. The number of rotatable bonds is 3. The Bertz CT molecular complexity index is 664. The summed E-state index contributed by atoms with van der Waals surface area (Å²) in [4.78, 5) is 14.6. The summed E-state index contributed by atoms with van der Waals surface area (Å²) >= 11 is 0. The number of carbonyl (C=O) groups is 1. The van der Waals surface area contributed by atoms with Crippen LogP contribution in [0.2, 0.25) is 0 Å². The number of likely N-dealkylation sites (tertiary alicyclic amines) is 1. The Labute approximate surface area is 137 Å². The highest BCUT2D eigenvalue weighted by Gasteiger charge is 2.30. The van der Waals surface area contributed by atoms with E-state index in [4.69, 9.17) is 5.73 Å². The van der Waals surface area contributed by atoms with E-state index in [1.165, 1.54) is 0 Å². The van der Waals surface area contributed by atoms with Gasteiger partial charge in [0.15, 0.2) is 9.84 Å². The first-order valence-corrected chi connectivity index (χ1v) is 9.92. The molecule has 1 saturated carbocycles. The molecule has 0 bridgehead atoms. The Kier molecular flexibility index (Phi) is 4.73. The predicted molar refractivity (Wildman–Crippen MR) is 89.0 cm³/mol. The minimum absolute atomic E-state index is 0.0368. The fourth-order valence-electron chi connectivity index (χ4n) is 3.56. The maximum absolute atomic E-state index is 12.5. The van der Waals surface area contributed by atoms with Gasteiger partial charge in [-0.25, -0.2) is 8.42 Å². The zero-order chi connectivity index (χ0) is 16.4. The molecule has 2 N–H and O–H groups in total. The Morgan fingerprint density at radius 3 is 2.30 bits per heavy atom. The number of carbonyl (C=O) groups excluding carboxylic acids is 1. The molecule has 1 aromatic rings. The molecule has 2 fully saturated rings. The van der Waals surface area contributed by atoms with E-state index in [1.54, 1.807) is 29.2 Å². The van der Waals surface area contributed by atoms with Crippen molar-refractivity contribution in [1.82, 2.24) is 4.90 Å². The van der Waals surface area contributed by atoms with E-state index in [0.717, 1.165) is 38.5 Å². The summed E-state index contributed by atoms with van der Waals surface area (Å²) in [6, 6.07) is 6.44. The summed E-state index contributed by atoms with van der Waals surface area (Å²) in [7, 11) is -3.26. The minimum atomic E-state index is -3.26. The van der Waals surface area contributed by atoms with Gasteiger partial charge in [-0.05, 0) is 49.9 Å². The van der Waals surface area contributed by atoms with Gasteiger partial charge in [0.05, 0.1) is 10.1 Å². The van der Waals surface area contributed by atoms with Gasteiger partial charge in [0.2, 0.25) is 0 Å². The second-order valence-corrected chi connectivity index (χ2v) is 8.86. The van der Waals surface area contributed by atoms with E-state index in [2.05, 4.69) is 0 Å². The molecule has 23 heavy (non-hydrogen) atoms. The third-order valence-corrected chi connectivity index (χ3v) is 7.19. The van der Waals surface area contributed by atoms with Gasteiger partial charge in [-0.3, -0.25) is 4.79 Å². The van der Waals surface area contributed by atoms with Crippen LogP contribution in [-0.4, -0.2) is 43.6 Å². The lowest BCUT2D eigenvalue weighted by Gasteiger charge is -2.30. The molecule has 1 atom stereocenters. The summed E-state index contributed by atoms with van der Waals surface area (Å²) in [6.07, 6.45) is 5.32. The summed E-state index contributed by atoms with van der Waals surface area (Å²) in [6.45, 7) is 1.29. The summed E-state index contributed by atoms with van der Waals surface area (Å²) < 4.78 is 25.1. The molecular weight excluding hydrogens is 312 g/mol. The van der Waals surface area contributed by atoms with Gasteiger partial charge in [0.25, 0.3) is 5.91 Å². The van der Waals surface area contributed by atoms with Crippen molar-refractivity contribution in [3.8, 4) is 0 Å². The number of benzene rings is 1. The fourth-order valence-corrected chi connectivity index (χ4v) is 5.41. The van der Waals surface area contributed by atoms with E-state index >= 15 is 0 Å². The van der Waals surface area contributed by atoms with Crippen LogP contribution in [0.5, 0.6) is 0 Å². The molecule has 1 saturated heterocycles. The predicted octanol–water partition coefficient (Wildman–Crippen LogP) is 1.97. The minimum Gasteiger partial charge on any atom is -0.337 e. The van der Waals surface area contributed by atoms with Crippen LogP contribution in [0.15, 0.2) is 29.2 Å². The van der Waals surface area contributed by atoms with Crippen LogP contribution in [0.25, 0.3) is 0 Å². The topological polar surface area (TPSA) is 80.5 Å². The number of hydrogen-bond acceptors (Lipinski definition) is 4. The molecule has 0 aromatic heterocycles. The molecule has 2 aliphatic rings. The molecule has 5 nitrogen and oxygen atoms in total. The van der Waals surface area contributed by atoms with E-state index in [9.17, 15) is 13.2 Å². The number of hydrogen-bond donors (Lipinski definition) is 1. The van der Waals surface area contributed by atoms with E-state index < -0.39 is 9.84 Å². The van der Waals surface area contributed by atoms with Crippen LogP contribution in [-0.2, 0) is 9.84 Å². The fraction of sp³-hybridized carbons (Fsp3) is 0.588. The maximum atomic E-state index is 12.5. The van der Waals surface area contributed by atoms with Crippen molar-refractivity contribution in [2.45, 2.75) is 54.7 Å². The van der Waals surface area contributed by atoms with Gasteiger partial charge >= 0.3 is 0 Å². The number of sulfone groups is 1. The standard InChI is InChI=1S/C17H24N2O3S/c18-14-4-3-11-19(12-14)17(20)13-7-9-16(10-8-13)23(21,22)15-5-1-2-6-15/h7-10,14-15H,1-6,11-12,18H2. The van der Waals surface area contributed by atoms with Gasteiger partial charge in [0, 0.05) is 24.7 Å². The van der Waals surface area contributed by atoms with Gasteiger partial charge in [-0.15, -0.1) is 0 Å².